The second kappa shape index (κ2) is 5.88. The third-order valence-corrected chi connectivity index (χ3v) is 5.48. The number of halogens is 4. The highest BCUT2D eigenvalue weighted by Gasteiger charge is 2.74. The fourth-order valence-electron chi connectivity index (χ4n) is 2.93. The van der Waals surface area contributed by atoms with Gasteiger partial charge in [-0.1, -0.05) is 43.4 Å². The van der Waals surface area contributed by atoms with E-state index in [4.69, 9.17) is 11.6 Å². The van der Waals surface area contributed by atoms with E-state index in [1.54, 1.807) is 19.9 Å². The molecule has 0 amide bonds. The van der Waals surface area contributed by atoms with Crippen LogP contribution in [0, 0.1) is 28.6 Å². The predicted molar refractivity (Wildman–Crippen MR) is 83.1 cm³/mol. The van der Waals surface area contributed by atoms with E-state index in [-0.39, 0.29) is 6.42 Å². The summed E-state index contributed by atoms with van der Waals surface area (Å²) in [5.74, 6) is 3.65. The Bertz CT molecular complexity index is 695. The molecule has 1 aromatic rings. The average molecular weight is 363 g/mol. The zero-order valence-corrected chi connectivity index (χ0v) is 13.9. The molecule has 0 aliphatic heterocycles. The van der Waals surface area contributed by atoms with E-state index in [1.165, 1.54) is 11.3 Å². The molecule has 1 aliphatic carbocycles. The van der Waals surface area contributed by atoms with Crippen LogP contribution in [0.15, 0.2) is 27.9 Å². The molecule has 0 aromatic carbocycles. The maximum absolute atomic E-state index is 12.6. The first-order chi connectivity index (χ1) is 10.5. The highest BCUT2D eigenvalue weighted by atomic mass is 35.5. The Hall–Kier alpha value is -1.45. The molecule has 2 nitrogen and oxygen atoms in total. The van der Waals surface area contributed by atoms with Crippen LogP contribution < -0.4 is 0 Å². The summed E-state index contributed by atoms with van der Waals surface area (Å²) in [5.41, 5.74) is -1.45. The van der Waals surface area contributed by atoms with Crippen LogP contribution in [0.4, 0.5) is 13.2 Å². The number of hydrogen-bond acceptors (Lipinski definition) is 2. The molecule has 0 spiro atoms. The summed E-state index contributed by atoms with van der Waals surface area (Å²) in [6.07, 6.45) is -3.90. The lowest BCUT2D eigenvalue weighted by Crippen LogP contribution is -2.21. The molecule has 1 fully saturated rings. The van der Waals surface area contributed by atoms with E-state index in [0.717, 1.165) is 11.6 Å². The Kier molecular flexibility index (Phi) is 4.57. The van der Waals surface area contributed by atoms with Gasteiger partial charge in [0.25, 0.3) is 0 Å². The zero-order chi connectivity index (χ0) is 17.5. The molecular weight excluding hydrogens is 349 g/mol. The lowest BCUT2D eigenvalue weighted by molar-refractivity contribution is -0.144. The number of hydrogen-bond donors (Lipinski definition) is 1. The summed E-state index contributed by atoms with van der Waals surface area (Å²) in [4.78, 5) is 11.7. The molecule has 0 saturated heterocycles. The minimum atomic E-state index is -4.67. The summed E-state index contributed by atoms with van der Waals surface area (Å²) in [6.45, 7) is 3.24. The van der Waals surface area contributed by atoms with Gasteiger partial charge >= 0.3 is 12.1 Å². The number of carbonyl (C=O) groups is 1. The van der Waals surface area contributed by atoms with Gasteiger partial charge in [0.05, 0.1) is 5.41 Å². The summed E-state index contributed by atoms with van der Waals surface area (Å²) >= 11 is 6.74. The number of allylic oxidation sites excluding steroid dienone is 2. The van der Waals surface area contributed by atoms with Gasteiger partial charge in [-0.05, 0) is 16.9 Å². The molecule has 23 heavy (non-hydrogen) atoms. The normalized spacial score (nSPS) is 26.3. The Morgan fingerprint density at radius 3 is 2.65 bits per heavy atom. The van der Waals surface area contributed by atoms with E-state index in [0.29, 0.717) is 0 Å². The van der Waals surface area contributed by atoms with Gasteiger partial charge in [-0.15, -0.1) is 0 Å². The number of aliphatic carboxylic acids is 1. The van der Waals surface area contributed by atoms with Crippen LogP contribution in [-0.4, -0.2) is 17.3 Å². The van der Waals surface area contributed by atoms with Crippen molar-refractivity contribution in [1.29, 1.82) is 0 Å². The minimum Gasteiger partial charge on any atom is -0.481 e. The first-order valence-corrected chi connectivity index (χ1v) is 8.04. The van der Waals surface area contributed by atoms with Crippen molar-refractivity contribution in [2.45, 2.75) is 26.4 Å². The fraction of sp³-hybridized carbons (Fsp3) is 0.438. The summed E-state index contributed by atoms with van der Waals surface area (Å²) in [7, 11) is 0. The molecule has 124 valence electrons. The zero-order valence-electron chi connectivity index (χ0n) is 12.4. The molecule has 0 radical (unpaired) electrons. The van der Waals surface area contributed by atoms with Crippen LogP contribution in [0.25, 0.3) is 0 Å². The molecular formula is C16H14ClF3O2S. The molecule has 0 unspecified atom stereocenters. The number of alkyl halides is 3. The topological polar surface area (TPSA) is 37.3 Å². The van der Waals surface area contributed by atoms with Gasteiger partial charge in [0, 0.05) is 23.3 Å². The second-order valence-corrected chi connectivity index (χ2v) is 7.17. The molecule has 7 heteroatoms. The first kappa shape index (κ1) is 17.9. The van der Waals surface area contributed by atoms with Gasteiger partial charge in [0.1, 0.15) is 5.03 Å². The van der Waals surface area contributed by atoms with Crippen LogP contribution in [-0.2, 0) is 4.79 Å². The molecule has 2 rings (SSSR count). The quantitative estimate of drug-likeness (QED) is 0.776. The third kappa shape index (κ3) is 3.13. The Morgan fingerprint density at radius 2 is 2.17 bits per heavy atom. The monoisotopic (exact) mass is 362 g/mol. The number of thiophene rings is 1. The predicted octanol–water partition coefficient (Wildman–Crippen LogP) is 4.90. The molecule has 1 aromatic heterocycles. The maximum atomic E-state index is 12.6. The van der Waals surface area contributed by atoms with Crippen LogP contribution in [0.2, 0.25) is 0 Å². The third-order valence-electron chi connectivity index (χ3n) is 4.46. The van der Waals surface area contributed by atoms with Gasteiger partial charge in [0.2, 0.25) is 0 Å². The standard InChI is InChI=1S/C16H14ClF3O2S/c1-14(2)11(8-12(17)16(18,19)20)15(14,13(21)22)6-3-4-10-5-7-23-9-10/h5,7-9,11H,6H2,1-2H3,(H,21,22)/b12-8-/t11-,15+/m1/s1. The van der Waals surface area contributed by atoms with Crippen molar-refractivity contribution in [3.63, 3.8) is 0 Å². The second-order valence-electron chi connectivity index (χ2n) is 5.98. The number of carboxylic acids is 1. The summed E-state index contributed by atoms with van der Waals surface area (Å²) in [5, 5.41) is 11.9. The molecule has 2 atom stereocenters. The van der Waals surface area contributed by atoms with Crippen molar-refractivity contribution < 1.29 is 23.1 Å². The van der Waals surface area contributed by atoms with Crippen molar-refractivity contribution in [3.05, 3.63) is 33.5 Å². The van der Waals surface area contributed by atoms with E-state index in [2.05, 4.69) is 11.8 Å². The fourth-order valence-corrected chi connectivity index (χ4v) is 3.64. The van der Waals surface area contributed by atoms with E-state index in [9.17, 15) is 23.1 Å². The number of carboxylic acid groups (broad SMARTS) is 1. The highest BCUT2D eigenvalue weighted by Crippen LogP contribution is 2.72. The molecule has 1 N–H and O–H groups in total. The first-order valence-electron chi connectivity index (χ1n) is 6.72. The van der Waals surface area contributed by atoms with E-state index in [1.807, 2.05) is 10.8 Å². The van der Waals surface area contributed by atoms with E-state index < -0.39 is 33.9 Å². The lowest BCUT2D eigenvalue weighted by Gasteiger charge is -2.11. The van der Waals surface area contributed by atoms with Crippen molar-refractivity contribution in [2.75, 3.05) is 0 Å². The van der Waals surface area contributed by atoms with Crippen molar-refractivity contribution in [3.8, 4) is 11.8 Å². The minimum absolute atomic E-state index is 0.0334. The van der Waals surface area contributed by atoms with Crippen LogP contribution >= 0.6 is 22.9 Å². The lowest BCUT2D eigenvalue weighted by atomic mass is 9.92. The van der Waals surface area contributed by atoms with Gasteiger partial charge in [-0.3, -0.25) is 4.79 Å². The SMILES string of the molecule is CC1(C)[C@@H](/C=C(\Cl)C(F)(F)F)[C@@]1(CC#Cc1ccsc1)C(=O)O. The highest BCUT2D eigenvalue weighted by molar-refractivity contribution is 7.08. The Labute approximate surface area is 141 Å². The van der Waals surface area contributed by atoms with Crippen molar-refractivity contribution in [2.24, 2.45) is 16.7 Å². The summed E-state index contributed by atoms with van der Waals surface area (Å²) in [6, 6.07) is 1.79. The van der Waals surface area contributed by atoms with Crippen LogP contribution in [0.1, 0.15) is 25.8 Å². The smallest absolute Gasteiger partial charge is 0.426 e. The van der Waals surface area contributed by atoms with Gasteiger partial charge < -0.3 is 5.11 Å². The van der Waals surface area contributed by atoms with Gasteiger partial charge in [0.15, 0.2) is 0 Å². The van der Waals surface area contributed by atoms with Crippen molar-refractivity contribution in [1.82, 2.24) is 0 Å². The largest absolute Gasteiger partial charge is 0.481 e. The van der Waals surface area contributed by atoms with Crippen LogP contribution in [0.5, 0.6) is 0 Å². The molecule has 1 saturated carbocycles. The molecule has 1 heterocycles. The van der Waals surface area contributed by atoms with Crippen LogP contribution in [0.3, 0.4) is 0 Å². The average Bonchev–Trinajstić information content (AvgIpc) is 2.81. The van der Waals surface area contributed by atoms with Gasteiger partial charge in [-0.25, -0.2) is 0 Å². The summed E-state index contributed by atoms with van der Waals surface area (Å²) < 4.78 is 37.8. The van der Waals surface area contributed by atoms with Crippen molar-refractivity contribution >= 4 is 28.9 Å². The number of rotatable bonds is 3. The molecule has 0 bridgehead atoms. The molecule has 1 aliphatic rings. The van der Waals surface area contributed by atoms with E-state index >= 15 is 0 Å². The Balaban J connectivity index is 2.29. The van der Waals surface area contributed by atoms with Gasteiger partial charge in [-0.2, -0.15) is 24.5 Å². The Morgan fingerprint density at radius 1 is 1.52 bits per heavy atom. The maximum Gasteiger partial charge on any atom is 0.426 e.